The van der Waals surface area contributed by atoms with E-state index in [4.69, 9.17) is 0 Å². The summed E-state index contributed by atoms with van der Waals surface area (Å²) in [5, 5.41) is 0. The van der Waals surface area contributed by atoms with E-state index < -0.39 is 10.0 Å². The average Bonchev–Trinajstić information content (AvgIpc) is 2.92. The van der Waals surface area contributed by atoms with Crippen LogP contribution in [0.5, 0.6) is 0 Å². The molecule has 3 aliphatic heterocycles. The highest BCUT2D eigenvalue weighted by molar-refractivity contribution is 7.89. The molecule has 3 heterocycles. The first kappa shape index (κ1) is 25.7. The third kappa shape index (κ3) is 5.22. The van der Waals surface area contributed by atoms with Crippen molar-refractivity contribution < 1.29 is 22.4 Å². The standard InChI is InChI=1S/C27H33FN4O4S/c1-20(33)32-12-2-3-22-19-25(8-9-26(22)32)37(35,36)31-13-10-21(11-14-31)27(34)30-17-15-29(16-18-30)24-6-4-23(28)5-7-24/h4-9,19,21H,2-3,10-18H2,1H3. The normalized spacial score (nSPS) is 19.6. The fraction of sp³-hybridized carbons (Fsp3) is 0.481. The van der Waals surface area contributed by atoms with Crippen LogP contribution in [-0.2, 0) is 26.0 Å². The van der Waals surface area contributed by atoms with Crippen LogP contribution in [-0.4, -0.2) is 75.3 Å². The number of anilines is 2. The Morgan fingerprint density at radius 3 is 2.22 bits per heavy atom. The highest BCUT2D eigenvalue weighted by atomic mass is 32.2. The van der Waals surface area contributed by atoms with Crippen molar-refractivity contribution in [2.45, 2.75) is 37.5 Å². The topological polar surface area (TPSA) is 81.2 Å². The molecule has 0 atom stereocenters. The SMILES string of the molecule is CC(=O)N1CCCc2cc(S(=O)(=O)N3CCC(C(=O)N4CCN(c5ccc(F)cc5)CC4)CC3)ccc21. The van der Waals surface area contributed by atoms with Crippen LogP contribution in [0.4, 0.5) is 15.8 Å². The van der Waals surface area contributed by atoms with Gasteiger partial charge in [0.25, 0.3) is 0 Å². The number of nitrogens with zero attached hydrogens (tertiary/aromatic N) is 4. The van der Waals surface area contributed by atoms with Gasteiger partial charge in [0.1, 0.15) is 5.82 Å². The summed E-state index contributed by atoms with van der Waals surface area (Å²) in [5.74, 6) is -0.400. The molecule has 0 spiro atoms. The van der Waals surface area contributed by atoms with Gasteiger partial charge < -0.3 is 14.7 Å². The summed E-state index contributed by atoms with van der Waals surface area (Å²) < 4.78 is 41.4. The lowest BCUT2D eigenvalue weighted by Gasteiger charge is -2.39. The lowest BCUT2D eigenvalue weighted by atomic mass is 9.96. The van der Waals surface area contributed by atoms with Gasteiger partial charge in [-0.25, -0.2) is 12.8 Å². The Kier molecular flexibility index (Phi) is 7.22. The van der Waals surface area contributed by atoms with Crippen LogP contribution >= 0.6 is 0 Å². The second kappa shape index (κ2) is 10.4. The number of halogens is 1. The molecule has 0 radical (unpaired) electrons. The first-order valence-corrected chi connectivity index (χ1v) is 14.4. The van der Waals surface area contributed by atoms with E-state index in [-0.39, 0.29) is 28.4 Å². The van der Waals surface area contributed by atoms with Crippen molar-refractivity contribution in [2.75, 3.05) is 55.6 Å². The van der Waals surface area contributed by atoms with Crippen LogP contribution in [0.3, 0.4) is 0 Å². The highest BCUT2D eigenvalue weighted by Crippen LogP contribution is 2.32. The zero-order chi connectivity index (χ0) is 26.2. The first-order valence-electron chi connectivity index (χ1n) is 12.9. The summed E-state index contributed by atoms with van der Waals surface area (Å²) in [7, 11) is -3.68. The number of hydrogen-bond acceptors (Lipinski definition) is 5. The smallest absolute Gasteiger partial charge is 0.243 e. The maximum atomic E-state index is 13.4. The van der Waals surface area contributed by atoms with Gasteiger partial charge in [0.2, 0.25) is 21.8 Å². The fourth-order valence-corrected chi connectivity index (χ4v) is 7.17. The lowest BCUT2D eigenvalue weighted by molar-refractivity contribution is -0.137. The van der Waals surface area contributed by atoms with Gasteiger partial charge in [-0.15, -0.1) is 0 Å². The number of carbonyl (C=O) groups is 2. The second-order valence-electron chi connectivity index (χ2n) is 10.0. The summed E-state index contributed by atoms with van der Waals surface area (Å²) in [6, 6.07) is 11.4. The molecule has 5 rings (SSSR count). The van der Waals surface area contributed by atoms with E-state index in [1.54, 1.807) is 35.2 Å². The zero-order valence-corrected chi connectivity index (χ0v) is 21.9. The van der Waals surface area contributed by atoms with Gasteiger partial charge in [-0.2, -0.15) is 4.31 Å². The molecule has 8 nitrogen and oxygen atoms in total. The van der Waals surface area contributed by atoms with Crippen LogP contribution in [0.25, 0.3) is 0 Å². The van der Waals surface area contributed by atoms with Gasteiger partial charge in [-0.05, 0) is 73.7 Å². The largest absolute Gasteiger partial charge is 0.368 e. The van der Waals surface area contributed by atoms with Crippen molar-refractivity contribution in [3.05, 3.63) is 53.8 Å². The minimum atomic E-state index is -3.68. The number of amides is 2. The molecule has 0 saturated carbocycles. The van der Waals surface area contributed by atoms with Gasteiger partial charge in [-0.1, -0.05) is 0 Å². The van der Waals surface area contributed by atoms with E-state index in [0.717, 1.165) is 29.8 Å². The quantitative estimate of drug-likeness (QED) is 0.610. The van der Waals surface area contributed by atoms with Crippen molar-refractivity contribution in [1.29, 1.82) is 0 Å². The molecule has 198 valence electrons. The Morgan fingerprint density at radius 2 is 1.57 bits per heavy atom. The maximum Gasteiger partial charge on any atom is 0.243 e. The number of piperidine rings is 1. The molecule has 0 aliphatic carbocycles. The number of aryl methyl sites for hydroxylation is 1. The van der Waals surface area contributed by atoms with Gasteiger partial charge in [0.15, 0.2) is 0 Å². The highest BCUT2D eigenvalue weighted by Gasteiger charge is 2.35. The molecule has 37 heavy (non-hydrogen) atoms. The van der Waals surface area contributed by atoms with Gasteiger partial charge in [0, 0.05) is 70.0 Å². The van der Waals surface area contributed by atoms with Gasteiger partial charge in [-0.3, -0.25) is 9.59 Å². The molecular weight excluding hydrogens is 495 g/mol. The summed E-state index contributed by atoms with van der Waals surface area (Å²) >= 11 is 0. The predicted octanol–water partition coefficient (Wildman–Crippen LogP) is 2.87. The molecule has 2 saturated heterocycles. The zero-order valence-electron chi connectivity index (χ0n) is 21.1. The van der Waals surface area contributed by atoms with Crippen molar-refractivity contribution in [1.82, 2.24) is 9.21 Å². The van der Waals surface area contributed by atoms with E-state index >= 15 is 0 Å². The lowest BCUT2D eigenvalue weighted by Crippen LogP contribution is -2.52. The molecule has 2 amide bonds. The first-order chi connectivity index (χ1) is 17.7. The number of rotatable bonds is 4. The summed E-state index contributed by atoms with van der Waals surface area (Å²) in [5.41, 5.74) is 2.62. The number of sulfonamides is 1. The molecule has 0 unspecified atom stereocenters. The van der Waals surface area contributed by atoms with E-state index in [2.05, 4.69) is 4.90 Å². The van der Waals surface area contributed by atoms with Crippen molar-refractivity contribution in [3.63, 3.8) is 0 Å². The molecule has 2 fully saturated rings. The molecule has 3 aliphatic rings. The van der Waals surface area contributed by atoms with Gasteiger partial charge in [0.05, 0.1) is 4.90 Å². The van der Waals surface area contributed by atoms with E-state index in [1.165, 1.54) is 23.4 Å². The molecule has 0 bridgehead atoms. The Morgan fingerprint density at radius 1 is 0.892 bits per heavy atom. The predicted molar refractivity (Wildman–Crippen MR) is 139 cm³/mol. The molecule has 10 heteroatoms. The second-order valence-corrected chi connectivity index (χ2v) is 12.0. The third-order valence-corrected chi connectivity index (χ3v) is 9.67. The minimum Gasteiger partial charge on any atom is -0.368 e. The maximum absolute atomic E-state index is 13.4. The third-order valence-electron chi connectivity index (χ3n) is 7.77. The number of piperazine rings is 1. The van der Waals surface area contributed by atoms with Crippen LogP contribution in [0, 0.1) is 11.7 Å². The van der Waals surface area contributed by atoms with Crippen LogP contribution in [0.15, 0.2) is 47.4 Å². The Hall–Kier alpha value is -2.98. The number of fused-ring (bicyclic) bond motifs is 1. The summed E-state index contributed by atoms with van der Waals surface area (Å²) in [4.78, 5) is 31.1. The molecule has 2 aromatic carbocycles. The fourth-order valence-electron chi connectivity index (χ4n) is 5.65. The van der Waals surface area contributed by atoms with Crippen molar-refractivity contribution in [2.24, 2.45) is 5.92 Å². The Labute approximate surface area is 217 Å². The molecule has 0 aromatic heterocycles. The number of hydrogen-bond donors (Lipinski definition) is 0. The molecule has 2 aromatic rings. The molecule has 0 N–H and O–H groups in total. The molecular formula is C27H33FN4O4S. The van der Waals surface area contributed by atoms with Crippen LogP contribution in [0.2, 0.25) is 0 Å². The average molecular weight is 529 g/mol. The van der Waals surface area contributed by atoms with E-state index in [0.29, 0.717) is 58.7 Å². The minimum absolute atomic E-state index is 0.0415. The van der Waals surface area contributed by atoms with E-state index in [1.807, 2.05) is 4.90 Å². The Bertz CT molecular complexity index is 1270. The summed E-state index contributed by atoms with van der Waals surface area (Å²) in [6.07, 6.45) is 2.55. The van der Waals surface area contributed by atoms with Gasteiger partial charge >= 0.3 is 0 Å². The van der Waals surface area contributed by atoms with Crippen LogP contribution < -0.4 is 9.80 Å². The monoisotopic (exact) mass is 528 g/mol. The van der Waals surface area contributed by atoms with E-state index in [9.17, 15) is 22.4 Å². The number of benzene rings is 2. The van der Waals surface area contributed by atoms with Crippen LogP contribution in [0.1, 0.15) is 31.7 Å². The van der Waals surface area contributed by atoms with Crippen molar-refractivity contribution in [3.8, 4) is 0 Å². The Balaban J connectivity index is 1.18. The summed E-state index contributed by atoms with van der Waals surface area (Å²) in [6.45, 7) is 5.36. The van der Waals surface area contributed by atoms with Crippen molar-refractivity contribution >= 4 is 33.2 Å². The number of carbonyl (C=O) groups excluding carboxylic acids is 2.